The number of aryl methyl sites for hydroxylation is 1. The first-order valence-electron chi connectivity index (χ1n) is 10.8. The Morgan fingerprint density at radius 1 is 0.912 bits per heavy atom. The summed E-state index contributed by atoms with van der Waals surface area (Å²) in [6, 6.07) is 21.4. The van der Waals surface area contributed by atoms with Crippen LogP contribution >= 0.6 is 15.9 Å². The molecule has 0 saturated carbocycles. The van der Waals surface area contributed by atoms with Crippen molar-refractivity contribution in [3.05, 3.63) is 94.0 Å². The molecule has 0 spiro atoms. The molecule has 7 nitrogen and oxygen atoms in total. The Morgan fingerprint density at radius 3 is 2.32 bits per heavy atom. The van der Waals surface area contributed by atoms with Crippen molar-refractivity contribution in [3.8, 4) is 5.75 Å². The molecule has 0 aromatic heterocycles. The zero-order valence-corrected chi connectivity index (χ0v) is 20.3. The first-order valence-corrected chi connectivity index (χ1v) is 11.6. The van der Waals surface area contributed by atoms with Crippen LogP contribution in [-0.4, -0.2) is 24.6 Å². The first kappa shape index (κ1) is 25.0. The molecule has 2 amide bonds. The molecular weight excluding hydrogens is 500 g/mol. The molecule has 3 aromatic rings. The minimum Gasteiger partial charge on any atom is -0.434 e. The van der Waals surface area contributed by atoms with E-state index in [1.165, 1.54) is 12.1 Å². The molecular formula is C26H25BrN2O5. The fraction of sp³-hybridized carbons (Fsp3) is 0.192. The van der Waals surface area contributed by atoms with Gasteiger partial charge in [-0.1, -0.05) is 40.2 Å². The molecule has 176 valence electrons. The van der Waals surface area contributed by atoms with Crippen molar-refractivity contribution < 1.29 is 23.9 Å². The van der Waals surface area contributed by atoms with E-state index in [1.54, 1.807) is 31.2 Å². The fourth-order valence-electron chi connectivity index (χ4n) is 3.08. The highest BCUT2D eigenvalue weighted by atomic mass is 79.9. The Morgan fingerprint density at radius 2 is 1.65 bits per heavy atom. The maximum Gasteiger partial charge on any atom is 0.513 e. The number of benzene rings is 3. The van der Waals surface area contributed by atoms with E-state index < -0.39 is 6.16 Å². The van der Waals surface area contributed by atoms with Crippen LogP contribution in [0.3, 0.4) is 0 Å². The van der Waals surface area contributed by atoms with Crippen LogP contribution < -0.4 is 15.4 Å². The lowest BCUT2D eigenvalue weighted by Gasteiger charge is -2.09. The van der Waals surface area contributed by atoms with Crippen LogP contribution in [-0.2, 0) is 22.5 Å². The number of rotatable bonds is 9. The lowest BCUT2D eigenvalue weighted by Crippen LogP contribution is -2.22. The van der Waals surface area contributed by atoms with Gasteiger partial charge >= 0.3 is 6.16 Å². The van der Waals surface area contributed by atoms with Gasteiger partial charge in [0.05, 0.1) is 6.61 Å². The van der Waals surface area contributed by atoms with Crippen LogP contribution in [0, 0.1) is 0 Å². The lowest BCUT2D eigenvalue weighted by molar-refractivity contribution is -0.116. The van der Waals surface area contributed by atoms with Gasteiger partial charge in [-0.25, -0.2) is 4.79 Å². The van der Waals surface area contributed by atoms with Crippen LogP contribution in [0.5, 0.6) is 5.75 Å². The van der Waals surface area contributed by atoms with Gasteiger partial charge in [-0.3, -0.25) is 9.59 Å². The van der Waals surface area contributed by atoms with Gasteiger partial charge in [-0.2, -0.15) is 0 Å². The smallest absolute Gasteiger partial charge is 0.434 e. The third-order valence-corrected chi connectivity index (χ3v) is 5.29. The summed E-state index contributed by atoms with van der Waals surface area (Å²) in [7, 11) is 0. The number of hydrogen-bond donors (Lipinski definition) is 2. The summed E-state index contributed by atoms with van der Waals surface area (Å²) >= 11 is 3.43. The average Bonchev–Trinajstić information content (AvgIpc) is 2.83. The highest BCUT2D eigenvalue weighted by Gasteiger charge is 2.09. The Bertz CT molecular complexity index is 1130. The second-order valence-corrected chi connectivity index (χ2v) is 8.28. The second kappa shape index (κ2) is 12.6. The Kier molecular flexibility index (Phi) is 9.22. The van der Waals surface area contributed by atoms with E-state index in [-0.39, 0.29) is 18.4 Å². The maximum absolute atomic E-state index is 12.4. The molecule has 0 aliphatic carbocycles. The van der Waals surface area contributed by atoms with E-state index in [2.05, 4.69) is 26.6 Å². The van der Waals surface area contributed by atoms with Crippen molar-refractivity contribution in [2.45, 2.75) is 26.3 Å². The molecule has 0 unspecified atom stereocenters. The molecule has 3 rings (SSSR count). The molecule has 0 heterocycles. The summed E-state index contributed by atoms with van der Waals surface area (Å²) in [5.41, 5.74) is 3.12. The van der Waals surface area contributed by atoms with Crippen LogP contribution in [0.15, 0.2) is 77.3 Å². The predicted molar refractivity (Wildman–Crippen MR) is 133 cm³/mol. The SMILES string of the molecule is CCOC(=O)Oc1ccc(C(=O)NCc2ccc(NC(=O)CCc3cccc(Br)c3)cc2)cc1. The van der Waals surface area contributed by atoms with Gasteiger partial charge < -0.3 is 20.1 Å². The number of nitrogens with one attached hydrogen (secondary N) is 2. The number of ether oxygens (including phenoxy) is 2. The standard InChI is InChI=1S/C26H25BrN2O5/c1-2-33-26(32)34-23-13-9-20(10-14-23)25(31)28-17-19-6-11-22(12-7-19)29-24(30)15-8-18-4-3-5-21(27)16-18/h3-7,9-14,16H,2,8,15,17H2,1H3,(H,28,31)(H,29,30). The quantitative estimate of drug-likeness (QED) is 0.285. The highest BCUT2D eigenvalue weighted by molar-refractivity contribution is 9.10. The molecule has 34 heavy (non-hydrogen) atoms. The summed E-state index contributed by atoms with van der Waals surface area (Å²) in [5.74, 6) is -0.0201. The normalized spacial score (nSPS) is 10.3. The number of amides is 2. The maximum atomic E-state index is 12.4. The van der Waals surface area contributed by atoms with Gasteiger partial charge in [0.15, 0.2) is 0 Å². The van der Waals surface area contributed by atoms with Crippen LogP contribution in [0.25, 0.3) is 0 Å². The van der Waals surface area contributed by atoms with Crippen LogP contribution in [0.2, 0.25) is 0 Å². The van der Waals surface area contributed by atoms with Crippen molar-refractivity contribution in [3.63, 3.8) is 0 Å². The van der Waals surface area contributed by atoms with E-state index in [0.717, 1.165) is 15.6 Å². The molecule has 0 atom stereocenters. The first-order chi connectivity index (χ1) is 16.4. The van der Waals surface area contributed by atoms with Crippen molar-refractivity contribution in [2.24, 2.45) is 0 Å². The summed E-state index contributed by atoms with van der Waals surface area (Å²) in [6.45, 7) is 2.24. The van der Waals surface area contributed by atoms with Crippen LogP contribution in [0.1, 0.15) is 34.8 Å². The average molecular weight is 525 g/mol. The monoisotopic (exact) mass is 524 g/mol. The van der Waals surface area contributed by atoms with Crippen molar-refractivity contribution in [1.29, 1.82) is 0 Å². The molecule has 0 aliphatic heterocycles. The number of anilines is 1. The van der Waals surface area contributed by atoms with Crippen molar-refractivity contribution in [1.82, 2.24) is 5.32 Å². The van der Waals surface area contributed by atoms with Gasteiger partial charge in [-0.05, 0) is 73.0 Å². The van der Waals surface area contributed by atoms with Crippen LogP contribution in [0.4, 0.5) is 10.5 Å². The minimum absolute atomic E-state index is 0.0589. The van der Waals surface area contributed by atoms with E-state index in [1.807, 2.05) is 36.4 Å². The predicted octanol–water partition coefficient (Wildman–Crippen LogP) is 5.49. The third kappa shape index (κ3) is 8.04. The Balaban J connectivity index is 1.43. The summed E-state index contributed by atoms with van der Waals surface area (Å²) < 4.78 is 10.7. The van der Waals surface area contributed by atoms with Gasteiger partial charge in [0.25, 0.3) is 5.91 Å². The number of carbonyl (C=O) groups is 3. The van der Waals surface area contributed by atoms with Crippen molar-refractivity contribution >= 4 is 39.6 Å². The zero-order chi connectivity index (χ0) is 24.3. The molecule has 0 radical (unpaired) electrons. The van der Waals surface area contributed by atoms with E-state index >= 15 is 0 Å². The molecule has 8 heteroatoms. The van der Waals surface area contributed by atoms with Gasteiger partial charge in [0.1, 0.15) is 5.75 Å². The topological polar surface area (TPSA) is 93.7 Å². The van der Waals surface area contributed by atoms with Gasteiger partial charge in [0, 0.05) is 28.7 Å². The molecule has 0 fully saturated rings. The number of hydrogen-bond acceptors (Lipinski definition) is 5. The zero-order valence-electron chi connectivity index (χ0n) is 18.7. The van der Waals surface area contributed by atoms with E-state index in [4.69, 9.17) is 9.47 Å². The molecule has 0 bridgehead atoms. The Hall–Kier alpha value is -3.65. The molecule has 2 N–H and O–H groups in total. The van der Waals surface area contributed by atoms with E-state index in [9.17, 15) is 14.4 Å². The highest BCUT2D eigenvalue weighted by Crippen LogP contribution is 2.15. The Labute approximate surface area is 206 Å². The lowest BCUT2D eigenvalue weighted by atomic mass is 10.1. The van der Waals surface area contributed by atoms with Crippen molar-refractivity contribution in [2.75, 3.05) is 11.9 Å². The minimum atomic E-state index is -0.788. The molecule has 3 aromatic carbocycles. The fourth-order valence-corrected chi connectivity index (χ4v) is 3.53. The largest absolute Gasteiger partial charge is 0.513 e. The number of halogens is 1. The van der Waals surface area contributed by atoms with Gasteiger partial charge in [-0.15, -0.1) is 0 Å². The third-order valence-electron chi connectivity index (χ3n) is 4.80. The summed E-state index contributed by atoms with van der Waals surface area (Å²) in [5, 5.41) is 5.73. The summed E-state index contributed by atoms with van der Waals surface area (Å²) in [6.07, 6.45) is 0.257. The van der Waals surface area contributed by atoms with Gasteiger partial charge in [0.2, 0.25) is 5.91 Å². The molecule has 0 saturated heterocycles. The summed E-state index contributed by atoms with van der Waals surface area (Å²) in [4.78, 5) is 35.9. The second-order valence-electron chi connectivity index (χ2n) is 7.37. The number of carbonyl (C=O) groups excluding carboxylic acids is 3. The molecule has 0 aliphatic rings. The van der Waals surface area contributed by atoms with E-state index in [0.29, 0.717) is 36.4 Å².